The molecule has 0 aromatic carbocycles. The van der Waals surface area contributed by atoms with Gasteiger partial charge in [0.15, 0.2) is 6.23 Å². The van der Waals surface area contributed by atoms with Gasteiger partial charge in [-0.15, -0.1) is 0 Å². The third-order valence-corrected chi connectivity index (χ3v) is 0.481. The third kappa shape index (κ3) is 5.13. The molecule has 5 heteroatoms. The average molecular weight is 133 g/mol. The summed E-state index contributed by atoms with van der Waals surface area (Å²) in [5.74, 6) is 0. The highest BCUT2D eigenvalue weighted by atomic mass is 17.5. The van der Waals surface area contributed by atoms with Crippen LogP contribution in [0.1, 0.15) is 6.92 Å². The van der Waals surface area contributed by atoms with Crippen LogP contribution in [0, 0.1) is 0 Å². The van der Waals surface area contributed by atoms with Crippen LogP contribution in [0.2, 0.25) is 0 Å². The zero-order chi connectivity index (χ0) is 7.11. The van der Waals surface area contributed by atoms with Gasteiger partial charge in [-0.2, -0.15) is 9.88 Å². The lowest BCUT2D eigenvalue weighted by Gasteiger charge is -1.99. The summed E-state index contributed by atoms with van der Waals surface area (Å²) >= 11 is 0. The molecule has 0 aromatic rings. The van der Waals surface area contributed by atoms with Gasteiger partial charge in [0.2, 0.25) is 6.08 Å². The number of aliphatic imine (C=N–C) groups is 1. The Kier molecular flexibility index (Phi) is 4.95. The van der Waals surface area contributed by atoms with Crippen LogP contribution in [0.4, 0.5) is 0 Å². The van der Waals surface area contributed by atoms with Gasteiger partial charge in [-0.05, 0) is 6.92 Å². The molecule has 0 bridgehead atoms. The van der Waals surface area contributed by atoms with Crippen LogP contribution in [-0.4, -0.2) is 19.4 Å². The number of hydrogen-bond donors (Lipinski definition) is 0. The lowest BCUT2D eigenvalue weighted by Crippen LogP contribution is -2.04. The Morgan fingerprint density at radius 1 is 1.67 bits per heavy atom. The molecule has 52 valence electrons. The minimum atomic E-state index is -0.678. The summed E-state index contributed by atoms with van der Waals surface area (Å²) in [7, 11) is 1.28. The van der Waals surface area contributed by atoms with Crippen molar-refractivity contribution in [2.75, 3.05) is 7.11 Å². The van der Waals surface area contributed by atoms with Gasteiger partial charge in [0.05, 0.1) is 7.11 Å². The topological polar surface area (TPSA) is 57.1 Å². The van der Waals surface area contributed by atoms with Crippen molar-refractivity contribution in [1.29, 1.82) is 0 Å². The fourth-order valence-corrected chi connectivity index (χ4v) is 0.192. The molecule has 0 aliphatic rings. The molecule has 0 fully saturated rings. The quantitative estimate of drug-likeness (QED) is 0.237. The molecular formula is C4H7NO4. The number of carbonyl (C=O) groups excluding carboxylic acids is 1. The number of nitrogens with zero attached hydrogens (tertiary/aromatic N) is 1. The number of hydrogen-bond acceptors (Lipinski definition) is 5. The third-order valence-electron chi connectivity index (χ3n) is 0.481. The molecule has 0 heterocycles. The summed E-state index contributed by atoms with van der Waals surface area (Å²) < 4.78 is 0. The predicted molar refractivity (Wildman–Crippen MR) is 26.8 cm³/mol. The van der Waals surface area contributed by atoms with E-state index in [1.165, 1.54) is 20.1 Å². The molecule has 0 N–H and O–H groups in total. The van der Waals surface area contributed by atoms with Gasteiger partial charge in [0.1, 0.15) is 0 Å². The van der Waals surface area contributed by atoms with Gasteiger partial charge < -0.3 is 0 Å². The summed E-state index contributed by atoms with van der Waals surface area (Å²) in [5.41, 5.74) is 0. The highest BCUT2D eigenvalue weighted by Gasteiger charge is 1.96. The van der Waals surface area contributed by atoms with Crippen LogP contribution in [-0.2, 0) is 19.6 Å². The highest BCUT2D eigenvalue weighted by Crippen LogP contribution is 1.90. The maximum Gasteiger partial charge on any atom is 0.237 e. The van der Waals surface area contributed by atoms with Crippen LogP contribution in [0.5, 0.6) is 0 Å². The normalized spacial score (nSPS) is 12.2. The molecule has 0 radical (unpaired) electrons. The molecular weight excluding hydrogens is 126 g/mol. The van der Waals surface area contributed by atoms with Crippen molar-refractivity contribution >= 4 is 6.08 Å². The standard InChI is InChI=1S/C4H7NO4/c1-4(5-3-6)8-9-7-2/h4H,1-2H3. The minimum Gasteiger partial charge on any atom is -0.211 e. The predicted octanol–water partition coefficient (Wildman–Crippen LogP) is 0.178. The molecule has 0 saturated carbocycles. The van der Waals surface area contributed by atoms with E-state index in [0.29, 0.717) is 0 Å². The molecule has 0 aliphatic carbocycles. The smallest absolute Gasteiger partial charge is 0.211 e. The molecule has 1 unspecified atom stereocenters. The molecule has 0 spiro atoms. The first-order chi connectivity index (χ1) is 4.31. The average Bonchev–Trinajstić information content (AvgIpc) is 1.85. The first kappa shape index (κ1) is 8.26. The molecule has 9 heavy (non-hydrogen) atoms. The maximum absolute atomic E-state index is 9.51. The fraction of sp³-hybridized carbons (Fsp3) is 0.750. The second-order valence-electron chi connectivity index (χ2n) is 1.15. The minimum absolute atomic E-state index is 0.678. The second-order valence-corrected chi connectivity index (χ2v) is 1.15. The van der Waals surface area contributed by atoms with E-state index in [9.17, 15) is 4.79 Å². The van der Waals surface area contributed by atoms with E-state index in [1.807, 2.05) is 0 Å². The maximum atomic E-state index is 9.51. The molecule has 0 aliphatic heterocycles. The van der Waals surface area contributed by atoms with E-state index in [4.69, 9.17) is 0 Å². The van der Waals surface area contributed by atoms with Gasteiger partial charge in [0, 0.05) is 0 Å². The van der Waals surface area contributed by atoms with Crippen molar-refractivity contribution in [2.45, 2.75) is 13.2 Å². The van der Waals surface area contributed by atoms with E-state index in [2.05, 4.69) is 19.8 Å². The van der Waals surface area contributed by atoms with Crippen LogP contribution >= 0.6 is 0 Å². The Labute approximate surface area is 52.1 Å². The molecule has 0 amide bonds. The van der Waals surface area contributed by atoms with Gasteiger partial charge in [0.25, 0.3) is 0 Å². The molecule has 0 aromatic heterocycles. The number of isocyanates is 1. The van der Waals surface area contributed by atoms with Crippen LogP contribution in [0.15, 0.2) is 4.99 Å². The van der Waals surface area contributed by atoms with Gasteiger partial charge in [-0.3, -0.25) is 0 Å². The van der Waals surface area contributed by atoms with Crippen molar-refractivity contribution in [2.24, 2.45) is 4.99 Å². The Balaban J connectivity index is 3.26. The molecule has 5 nitrogen and oxygen atoms in total. The first-order valence-electron chi connectivity index (χ1n) is 2.24. The van der Waals surface area contributed by atoms with E-state index in [-0.39, 0.29) is 0 Å². The Morgan fingerprint density at radius 2 is 2.33 bits per heavy atom. The molecule has 0 rings (SSSR count). The van der Waals surface area contributed by atoms with Crippen molar-refractivity contribution in [3.05, 3.63) is 0 Å². The van der Waals surface area contributed by atoms with E-state index in [0.717, 1.165) is 0 Å². The fourth-order valence-electron chi connectivity index (χ4n) is 0.192. The van der Waals surface area contributed by atoms with Gasteiger partial charge in [-0.25, -0.2) is 9.68 Å². The lowest BCUT2D eigenvalue weighted by atomic mass is 10.7. The summed E-state index contributed by atoms with van der Waals surface area (Å²) in [6, 6.07) is 0. The molecule has 1 atom stereocenters. The zero-order valence-electron chi connectivity index (χ0n) is 5.16. The second kappa shape index (κ2) is 5.40. The van der Waals surface area contributed by atoms with Crippen molar-refractivity contribution in [3.8, 4) is 0 Å². The molecule has 0 saturated heterocycles. The van der Waals surface area contributed by atoms with Crippen molar-refractivity contribution in [1.82, 2.24) is 0 Å². The van der Waals surface area contributed by atoms with Crippen LogP contribution in [0.25, 0.3) is 0 Å². The summed E-state index contributed by atoms with van der Waals surface area (Å²) in [6.45, 7) is 1.50. The van der Waals surface area contributed by atoms with E-state index >= 15 is 0 Å². The summed E-state index contributed by atoms with van der Waals surface area (Å²) in [4.78, 5) is 21.0. The highest BCUT2D eigenvalue weighted by molar-refractivity contribution is 5.32. The van der Waals surface area contributed by atoms with Crippen molar-refractivity contribution in [3.63, 3.8) is 0 Å². The first-order valence-corrected chi connectivity index (χ1v) is 2.24. The zero-order valence-corrected chi connectivity index (χ0v) is 5.16. The van der Waals surface area contributed by atoms with Crippen LogP contribution in [0.3, 0.4) is 0 Å². The van der Waals surface area contributed by atoms with E-state index in [1.54, 1.807) is 0 Å². The largest absolute Gasteiger partial charge is 0.237 e. The monoisotopic (exact) mass is 133 g/mol. The summed E-state index contributed by atoms with van der Waals surface area (Å²) in [6.07, 6.45) is 0.613. The summed E-state index contributed by atoms with van der Waals surface area (Å²) in [5, 5.41) is 3.98. The van der Waals surface area contributed by atoms with Crippen LogP contribution < -0.4 is 0 Å². The van der Waals surface area contributed by atoms with Gasteiger partial charge >= 0.3 is 0 Å². The Morgan fingerprint density at radius 3 is 2.78 bits per heavy atom. The number of rotatable bonds is 4. The van der Waals surface area contributed by atoms with Crippen molar-refractivity contribution < 1.29 is 19.6 Å². The SMILES string of the molecule is COOOC(C)N=C=O. The van der Waals surface area contributed by atoms with Gasteiger partial charge in [-0.1, -0.05) is 5.04 Å². The Bertz CT molecular complexity index is 109. The Hall–Kier alpha value is -0.740. The van der Waals surface area contributed by atoms with E-state index < -0.39 is 6.23 Å². The lowest BCUT2D eigenvalue weighted by molar-refractivity contribution is -0.514.